The molecule has 0 aromatic heterocycles. The third-order valence-corrected chi connectivity index (χ3v) is 3.90. The topological polar surface area (TPSA) is 49.4 Å². The number of esters is 1. The van der Waals surface area contributed by atoms with E-state index in [0.717, 1.165) is 23.5 Å². The maximum atomic E-state index is 12.3. The zero-order valence-corrected chi connectivity index (χ0v) is 12.2. The summed E-state index contributed by atoms with van der Waals surface area (Å²) in [5.41, 5.74) is 2.97. The van der Waals surface area contributed by atoms with Crippen LogP contribution in [0.1, 0.15) is 48.2 Å². The molecular weight excluding hydrogens is 254 g/mol. The summed E-state index contributed by atoms with van der Waals surface area (Å²) in [6.45, 7) is 5.05. The minimum atomic E-state index is -0.249. The van der Waals surface area contributed by atoms with Gasteiger partial charge in [0, 0.05) is 13.1 Å². The summed E-state index contributed by atoms with van der Waals surface area (Å²) in [6, 6.07) is 5.81. The van der Waals surface area contributed by atoms with Crippen LogP contribution in [0.5, 0.6) is 0 Å². The van der Waals surface area contributed by atoms with Gasteiger partial charge in [-0.2, -0.15) is 5.06 Å². The van der Waals surface area contributed by atoms with Crippen LogP contribution in [0.15, 0.2) is 18.2 Å². The molecule has 0 N–H and O–H groups in total. The van der Waals surface area contributed by atoms with Gasteiger partial charge in [-0.1, -0.05) is 26.0 Å². The molecule has 2 rings (SSSR count). The first kappa shape index (κ1) is 15.0. The fourth-order valence-corrected chi connectivity index (χ4v) is 2.74. The van der Waals surface area contributed by atoms with Gasteiger partial charge in [-0.25, -0.2) is 4.79 Å². The number of hydrogen-bond acceptors (Lipinski definition) is 3. The Morgan fingerprint density at radius 2 is 1.95 bits per heavy atom. The monoisotopic (exact) mass is 276 g/mol. The standard InChI is InChI=1S/C16H22NO3/c1-3-12-6-5-7-15(14(12)4-2)16(18)20-13-8-10-17(19)11-9-13/h5-7,13H,3-4,8-11H2,1-2H3. The highest BCUT2D eigenvalue weighted by atomic mass is 16.5. The molecule has 4 nitrogen and oxygen atoms in total. The second kappa shape index (κ2) is 6.86. The first-order valence-corrected chi connectivity index (χ1v) is 7.39. The Kier molecular flexibility index (Phi) is 5.15. The van der Waals surface area contributed by atoms with E-state index in [9.17, 15) is 10.0 Å². The predicted molar refractivity (Wildman–Crippen MR) is 75.9 cm³/mol. The lowest BCUT2D eigenvalue weighted by Crippen LogP contribution is -2.35. The van der Waals surface area contributed by atoms with Crippen LogP contribution < -0.4 is 0 Å². The van der Waals surface area contributed by atoms with Crippen molar-refractivity contribution in [1.82, 2.24) is 5.06 Å². The van der Waals surface area contributed by atoms with Crippen molar-refractivity contribution >= 4 is 5.97 Å². The zero-order chi connectivity index (χ0) is 14.5. The Bertz CT molecular complexity index is 465. The average Bonchev–Trinajstić information content (AvgIpc) is 2.48. The van der Waals surface area contributed by atoms with Crippen LogP contribution >= 0.6 is 0 Å². The third-order valence-electron chi connectivity index (χ3n) is 3.90. The Morgan fingerprint density at radius 3 is 2.55 bits per heavy atom. The molecule has 0 aliphatic carbocycles. The van der Waals surface area contributed by atoms with Crippen LogP contribution in [0.25, 0.3) is 0 Å². The van der Waals surface area contributed by atoms with E-state index in [1.807, 2.05) is 12.1 Å². The lowest BCUT2D eigenvalue weighted by atomic mass is 9.97. The molecule has 0 atom stereocenters. The number of aryl methyl sites for hydroxylation is 1. The number of carbonyl (C=O) groups is 1. The van der Waals surface area contributed by atoms with Crippen molar-refractivity contribution in [1.29, 1.82) is 0 Å². The number of rotatable bonds is 4. The van der Waals surface area contributed by atoms with Crippen LogP contribution in [0.2, 0.25) is 0 Å². The van der Waals surface area contributed by atoms with E-state index < -0.39 is 0 Å². The minimum Gasteiger partial charge on any atom is -0.459 e. The van der Waals surface area contributed by atoms with E-state index in [0.29, 0.717) is 31.5 Å². The van der Waals surface area contributed by atoms with Crippen LogP contribution in [-0.4, -0.2) is 30.2 Å². The molecule has 1 radical (unpaired) electrons. The summed E-state index contributed by atoms with van der Waals surface area (Å²) in [4.78, 5) is 12.3. The quantitative estimate of drug-likeness (QED) is 0.794. The van der Waals surface area contributed by atoms with E-state index in [2.05, 4.69) is 19.9 Å². The minimum absolute atomic E-state index is 0.123. The molecule has 1 aliphatic rings. The lowest BCUT2D eigenvalue weighted by molar-refractivity contribution is -0.178. The fraction of sp³-hybridized carbons (Fsp3) is 0.562. The van der Waals surface area contributed by atoms with Crippen molar-refractivity contribution in [2.45, 2.75) is 45.6 Å². The Morgan fingerprint density at radius 1 is 1.25 bits per heavy atom. The van der Waals surface area contributed by atoms with Gasteiger partial charge in [0.15, 0.2) is 0 Å². The molecule has 0 saturated carbocycles. The van der Waals surface area contributed by atoms with Gasteiger partial charge in [0.05, 0.1) is 5.56 Å². The van der Waals surface area contributed by atoms with Gasteiger partial charge in [0.25, 0.3) is 0 Å². The van der Waals surface area contributed by atoms with Gasteiger partial charge in [-0.3, -0.25) is 0 Å². The highest BCUT2D eigenvalue weighted by Crippen LogP contribution is 2.20. The molecule has 1 heterocycles. The van der Waals surface area contributed by atoms with Crippen molar-refractivity contribution < 1.29 is 14.7 Å². The molecule has 0 bridgehead atoms. The first-order chi connectivity index (χ1) is 9.65. The fourth-order valence-electron chi connectivity index (χ4n) is 2.74. The van der Waals surface area contributed by atoms with E-state index in [1.54, 1.807) is 0 Å². The smallest absolute Gasteiger partial charge is 0.338 e. The molecule has 4 heteroatoms. The normalized spacial score (nSPS) is 17.1. The molecule has 0 spiro atoms. The van der Waals surface area contributed by atoms with E-state index >= 15 is 0 Å². The van der Waals surface area contributed by atoms with Crippen molar-refractivity contribution in [2.24, 2.45) is 0 Å². The summed E-state index contributed by atoms with van der Waals surface area (Å²) in [6.07, 6.45) is 2.88. The summed E-state index contributed by atoms with van der Waals surface area (Å²) < 4.78 is 5.56. The van der Waals surface area contributed by atoms with Crippen molar-refractivity contribution in [3.63, 3.8) is 0 Å². The molecule has 1 aromatic carbocycles. The average molecular weight is 276 g/mol. The van der Waals surface area contributed by atoms with Crippen molar-refractivity contribution in [3.8, 4) is 0 Å². The largest absolute Gasteiger partial charge is 0.459 e. The molecule has 1 aromatic rings. The van der Waals surface area contributed by atoms with Crippen LogP contribution in [-0.2, 0) is 22.8 Å². The van der Waals surface area contributed by atoms with E-state index in [4.69, 9.17) is 4.74 Å². The van der Waals surface area contributed by atoms with E-state index in [-0.39, 0.29) is 12.1 Å². The second-order valence-corrected chi connectivity index (χ2v) is 5.18. The van der Waals surface area contributed by atoms with Crippen LogP contribution in [0, 0.1) is 0 Å². The van der Waals surface area contributed by atoms with Gasteiger partial charge in [0.2, 0.25) is 0 Å². The zero-order valence-electron chi connectivity index (χ0n) is 12.2. The molecule has 1 fully saturated rings. The number of hydrogen-bond donors (Lipinski definition) is 0. The number of carbonyl (C=O) groups excluding carboxylic acids is 1. The summed E-state index contributed by atoms with van der Waals surface area (Å²) in [5, 5.41) is 12.2. The molecular formula is C16H22NO3. The number of ether oxygens (including phenoxy) is 1. The van der Waals surface area contributed by atoms with Crippen LogP contribution in [0.3, 0.4) is 0 Å². The molecule has 0 unspecified atom stereocenters. The Hall–Kier alpha value is -1.39. The summed E-state index contributed by atoms with van der Waals surface area (Å²) >= 11 is 0. The van der Waals surface area contributed by atoms with Crippen molar-refractivity contribution in [3.05, 3.63) is 34.9 Å². The van der Waals surface area contributed by atoms with Crippen molar-refractivity contribution in [2.75, 3.05) is 13.1 Å². The Balaban J connectivity index is 2.09. The molecule has 1 aliphatic heterocycles. The molecule has 0 amide bonds. The van der Waals surface area contributed by atoms with Gasteiger partial charge < -0.3 is 4.74 Å². The summed E-state index contributed by atoms with van der Waals surface area (Å²) in [7, 11) is 0. The van der Waals surface area contributed by atoms with Gasteiger partial charge >= 0.3 is 5.97 Å². The van der Waals surface area contributed by atoms with Gasteiger partial charge in [-0.15, -0.1) is 5.21 Å². The van der Waals surface area contributed by atoms with Gasteiger partial charge in [-0.05, 0) is 42.9 Å². The van der Waals surface area contributed by atoms with Gasteiger partial charge in [0.1, 0.15) is 6.10 Å². The molecule has 20 heavy (non-hydrogen) atoms. The third kappa shape index (κ3) is 3.38. The molecule has 1 saturated heterocycles. The number of nitrogens with zero attached hydrogens (tertiary/aromatic N) is 1. The number of benzene rings is 1. The lowest BCUT2D eigenvalue weighted by Gasteiger charge is -2.26. The van der Waals surface area contributed by atoms with E-state index in [1.165, 1.54) is 5.56 Å². The number of hydroxylamine groups is 2. The highest BCUT2D eigenvalue weighted by Gasteiger charge is 2.23. The highest BCUT2D eigenvalue weighted by molar-refractivity contribution is 5.91. The maximum absolute atomic E-state index is 12.3. The number of piperidine rings is 1. The second-order valence-electron chi connectivity index (χ2n) is 5.18. The Labute approximate surface area is 120 Å². The van der Waals surface area contributed by atoms with Crippen LogP contribution in [0.4, 0.5) is 0 Å². The SMILES string of the molecule is CCc1cccc(C(=O)OC2CCN([O])CC2)c1CC. The molecule has 109 valence electrons. The predicted octanol–water partition coefficient (Wildman–Crippen LogP) is 2.78. The maximum Gasteiger partial charge on any atom is 0.338 e. The summed E-state index contributed by atoms with van der Waals surface area (Å²) in [5.74, 6) is -0.249. The first-order valence-electron chi connectivity index (χ1n) is 7.39.